The minimum Gasteiger partial charge on any atom is -0.456 e. The van der Waals surface area contributed by atoms with E-state index in [2.05, 4.69) is 218 Å². The van der Waals surface area contributed by atoms with Crippen LogP contribution in [-0.2, 0) is 5.41 Å². The van der Waals surface area contributed by atoms with Gasteiger partial charge in [0, 0.05) is 10.8 Å². The predicted octanol–water partition coefficient (Wildman–Crippen LogP) is 17.0. The number of hydrogen-bond donors (Lipinski definition) is 0. The molecule has 0 N–H and O–H groups in total. The number of rotatable bonds is 2. The normalized spacial score (nSPS) is 13.4. The van der Waals surface area contributed by atoms with Crippen LogP contribution < -0.4 is 0 Å². The van der Waals surface area contributed by atoms with Crippen LogP contribution in [0.1, 0.15) is 22.3 Å². The Morgan fingerprint density at radius 2 is 0.797 bits per heavy atom. The summed E-state index contributed by atoms with van der Waals surface area (Å²) in [6.07, 6.45) is 0. The smallest absolute Gasteiger partial charge is 0.136 e. The van der Waals surface area contributed by atoms with Crippen LogP contribution in [0.25, 0.3) is 120 Å². The lowest BCUT2D eigenvalue weighted by Crippen LogP contribution is -2.26. The maximum absolute atomic E-state index is 6.47. The Hall–Kier alpha value is -8.26. The molecule has 0 fully saturated rings. The monoisotopic (exact) mass is 808 g/mol. The maximum atomic E-state index is 6.47. The van der Waals surface area contributed by atoms with Crippen LogP contribution in [0.3, 0.4) is 0 Å². The van der Waals surface area contributed by atoms with Gasteiger partial charge in [-0.25, -0.2) is 0 Å². The Labute approximate surface area is 369 Å². The van der Waals surface area contributed by atoms with Gasteiger partial charge in [-0.15, -0.1) is 0 Å². The van der Waals surface area contributed by atoms with Crippen molar-refractivity contribution in [1.82, 2.24) is 0 Å². The highest BCUT2D eigenvalue weighted by molar-refractivity contribution is 6.24. The van der Waals surface area contributed by atoms with Gasteiger partial charge < -0.3 is 4.42 Å². The van der Waals surface area contributed by atoms with Crippen LogP contribution in [-0.4, -0.2) is 0 Å². The van der Waals surface area contributed by atoms with Gasteiger partial charge in [0.25, 0.3) is 0 Å². The van der Waals surface area contributed by atoms with Crippen LogP contribution in [0.5, 0.6) is 0 Å². The van der Waals surface area contributed by atoms with E-state index in [0.717, 1.165) is 16.6 Å². The Kier molecular flexibility index (Phi) is 6.67. The van der Waals surface area contributed by atoms with Crippen molar-refractivity contribution in [2.75, 3.05) is 0 Å². The molecule has 1 heteroatoms. The van der Waals surface area contributed by atoms with E-state index in [0.29, 0.717) is 0 Å². The molecule has 2 aliphatic rings. The number of fused-ring (bicyclic) bond motifs is 21. The third-order valence-electron chi connectivity index (χ3n) is 14.8. The quantitative estimate of drug-likeness (QED) is 0.159. The minimum atomic E-state index is -0.447. The SMILES string of the molecule is c1ccc2c(c1)-c1ccccc1C21c2ccc3ccccc3c2-c2ccc3cc(-c4c5ccccc5c(-c5ccc6oc7ccc8ccccc8c7c6c5)c5ccccc45)ccc3c21. The summed E-state index contributed by atoms with van der Waals surface area (Å²) >= 11 is 0. The van der Waals surface area contributed by atoms with Crippen LogP contribution in [0.15, 0.2) is 223 Å². The zero-order valence-corrected chi connectivity index (χ0v) is 34.7. The molecule has 0 saturated heterocycles. The number of benzene rings is 12. The van der Waals surface area contributed by atoms with Crippen molar-refractivity contribution in [3.05, 3.63) is 241 Å². The summed E-state index contributed by atoms with van der Waals surface area (Å²) in [5.74, 6) is 0. The fourth-order valence-electron chi connectivity index (χ4n) is 12.4. The van der Waals surface area contributed by atoms with Gasteiger partial charge in [0.15, 0.2) is 0 Å². The van der Waals surface area contributed by atoms with Gasteiger partial charge in [-0.05, 0) is 145 Å². The highest BCUT2D eigenvalue weighted by atomic mass is 16.3. The molecule has 1 aromatic heterocycles. The second-order valence-electron chi connectivity index (χ2n) is 17.8. The number of hydrogen-bond acceptors (Lipinski definition) is 1. The third kappa shape index (κ3) is 4.29. The van der Waals surface area contributed by atoms with Crippen LogP contribution in [0.2, 0.25) is 0 Å². The lowest BCUT2D eigenvalue weighted by Gasteiger charge is -2.31. The molecule has 0 unspecified atom stereocenters. The largest absolute Gasteiger partial charge is 0.456 e. The number of furan rings is 1. The Bertz CT molecular complexity index is 4100. The van der Waals surface area contributed by atoms with Crippen molar-refractivity contribution in [2.45, 2.75) is 5.41 Å². The molecule has 1 spiro atoms. The molecule has 64 heavy (non-hydrogen) atoms. The summed E-state index contributed by atoms with van der Waals surface area (Å²) in [6, 6.07) is 81.7. The van der Waals surface area contributed by atoms with Gasteiger partial charge in [-0.3, -0.25) is 0 Å². The van der Waals surface area contributed by atoms with Gasteiger partial charge in [0.2, 0.25) is 0 Å². The van der Waals surface area contributed by atoms with E-state index in [1.807, 2.05) is 0 Å². The van der Waals surface area contributed by atoms with Crippen molar-refractivity contribution >= 4 is 75.8 Å². The first-order valence-electron chi connectivity index (χ1n) is 22.3. The molecule has 0 radical (unpaired) electrons. The summed E-state index contributed by atoms with van der Waals surface area (Å²) in [4.78, 5) is 0. The minimum absolute atomic E-state index is 0.447. The molecule has 294 valence electrons. The molecule has 1 heterocycles. The molecule has 13 aromatic rings. The molecule has 2 aliphatic carbocycles. The highest BCUT2D eigenvalue weighted by Gasteiger charge is 2.52. The van der Waals surface area contributed by atoms with E-state index >= 15 is 0 Å². The molecule has 15 rings (SSSR count). The van der Waals surface area contributed by atoms with E-state index in [9.17, 15) is 0 Å². The summed E-state index contributed by atoms with van der Waals surface area (Å²) in [5, 5.41) is 14.8. The Morgan fingerprint density at radius 3 is 1.48 bits per heavy atom. The van der Waals surface area contributed by atoms with Gasteiger partial charge in [-0.2, -0.15) is 0 Å². The summed E-state index contributed by atoms with van der Waals surface area (Å²) < 4.78 is 6.47. The highest BCUT2D eigenvalue weighted by Crippen LogP contribution is 2.65. The van der Waals surface area contributed by atoms with Crippen LogP contribution in [0, 0.1) is 0 Å². The summed E-state index contributed by atoms with van der Waals surface area (Å²) in [5.41, 5.74) is 17.1. The van der Waals surface area contributed by atoms with Gasteiger partial charge in [0.1, 0.15) is 11.2 Å². The lowest BCUT2D eigenvalue weighted by atomic mass is 9.69. The molecule has 0 amide bonds. The molecule has 12 aromatic carbocycles. The van der Waals surface area contributed by atoms with Crippen molar-refractivity contribution < 1.29 is 4.42 Å². The Balaban J connectivity index is 0.993. The maximum Gasteiger partial charge on any atom is 0.136 e. The van der Waals surface area contributed by atoms with E-state index in [1.165, 1.54) is 126 Å². The van der Waals surface area contributed by atoms with E-state index < -0.39 is 5.41 Å². The zero-order valence-electron chi connectivity index (χ0n) is 34.7. The third-order valence-corrected chi connectivity index (χ3v) is 14.8. The lowest BCUT2D eigenvalue weighted by molar-refractivity contribution is 0.669. The molecule has 0 saturated carbocycles. The molecule has 0 atom stereocenters. The molecule has 0 bridgehead atoms. The zero-order chi connectivity index (χ0) is 41.7. The fraction of sp³-hybridized carbons (Fsp3) is 0.0159. The van der Waals surface area contributed by atoms with E-state index in [-0.39, 0.29) is 0 Å². The first kappa shape index (κ1) is 34.3. The summed E-state index contributed by atoms with van der Waals surface area (Å²) in [6.45, 7) is 0. The molecular weight excluding hydrogens is 773 g/mol. The van der Waals surface area contributed by atoms with Gasteiger partial charge in [0.05, 0.1) is 5.41 Å². The van der Waals surface area contributed by atoms with E-state index in [4.69, 9.17) is 4.42 Å². The fourth-order valence-corrected chi connectivity index (χ4v) is 12.4. The predicted molar refractivity (Wildman–Crippen MR) is 268 cm³/mol. The van der Waals surface area contributed by atoms with Crippen molar-refractivity contribution in [1.29, 1.82) is 0 Å². The van der Waals surface area contributed by atoms with Crippen molar-refractivity contribution in [2.24, 2.45) is 0 Å². The average molecular weight is 809 g/mol. The summed E-state index contributed by atoms with van der Waals surface area (Å²) in [7, 11) is 0. The Morgan fingerprint density at radius 1 is 0.281 bits per heavy atom. The molecular formula is C63H36O. The first-order valence-corrected chi connectivity index (χ1v) is 22.3. The van der Waals surface area contributed by atoms with Gasteiger partial charge in [-0.1, -0.05) is 194 Å². The van der Waals surface area contributed by atoms with Crippen LogP contribution >= 0.6 is 0 Å². The van der Waals surface area contributed by atoms with Crippen molar-refractivity contribution in [3.8, 4) is 44.5 Å². The standard InChI is InChI=1S/C63H36O/c1-3-15-42-37(13-1)27-32-55-60(42)51-31-25-39-35-40(26-30-44(39)62(51)63(55)53-23-11-9-17-45(53)46-18-10-12-24-54(46)63)58-47-19-5-7-21-49(47)59(50-22-8-6-20-48(50)58)41-29-33-56-52(36-41)61-43-16-4-2-14-38(43)28-34-57(61)64-56/h1-36H. The second kappa shape index (κ2) is 12.4. The first-order chi connectivity index (χ1) is 31.8. The van der Waals surface area contributed by atoms with E-state index in [1.54, 1.807) is 0 Å². The van der Waals surface area contributed by atoms with Gasteiger partial charge >= 0.3 is 0 Å². The molecule has 0 aliphatic heterocycles. The molecule has 1 nitrogen and oxygen atoms in total. The topological polar surface area (TPSA) is 13.1 Å². The second-order valence-corrected chi connectivity index (χ2v) is 17.8. The van der Waals surface area contributed by atoms with Crippen molar-refractivity contribution in [3.63, 3.8) is 0 Å². The van der Waals surface area contributed by atoms with Crippen LogP contribution in [0.4, 0.5) is 0 Å². The average Bonchev–Trinajstić information content (AvgIpc) is 3.99.